The molecule has 0 bridgehead atoms. The van der Waals surface area contributed by atoms with Crippen molar-refractivity contribution in [1.82, 2.24) is 19.9 Å². The van der Waals surface area contributed by atoms with Gasteiger partial charge in [-0.3, -0.25) is 9.10 Å². The van der Waals surface area contributed by atoms with Crippen LogP contribution >= 0.6 is 0 Å². The molecule has 3 rings (SSSR count). The van der Waals surface area contributed by atoms with Gasteiger partial charge in [-0.05, 0) is 24.3 Å². The van der Waals surface area contributed by atoms with Gasteiger partial charge in [-0.15, -0.1) is 0 Å². The minimum Gasteiger partial charge on any atom is -0.361 e. The van der Waals surface area contributed by atoms with E-state index in [0.29, 0.717) is 11.4 Å². The minimum absolute atomic E-state index is 0.0173. The Hall–Kier alpha value is -3.21. The highest BCUT2D eigenvalue weighted by atomic mass is 32.2. The summed E-state index contributed by atoms with van der Waals surface area (Å²) in [6.45, 7) is -0.210. The lowest BCUT2D eigenvalue weighted by molar-refractivity contribution is 0.0958. The van der Waals surface area contributed by atoms with Crippen molar-refractivity contribution in [2.24, 2.45) is 5.73 Å². The molecule has 2 heterocycles. The second kappa shape index (κ2) is 6.36. The Kier molecular flexibility index (Phi) is 4.23. The first-order valence-electron chi connectivity index (χ1n) is 7.05. The second-order valence-corrected chi connectivity index (χ2v) is 7.03. The number of hydrogen-bond donors (Lipinski definition) is 1. The van der Waals surface area contributed by atoms with E-state index in [-0.39, 0.29) is 18.3 Å². The van der Waals surface area contributed by atoms with Gasteiger partial charge < -0.3 is 10.3 Å². The van der Waals surface area contributed by atoms with E-state index in [1.54, 1.807) is 47.4 Å². The van der Waals surface area contributed by atoms with Gasteiger partial charge in [0.2, 0.25) is 10.0 Å². The fraction of sp³-hybridized carbons (Fsp3) is 0.143. The molecule has 25 heavy (non-hydrogen) atoms. The normalized spacial score (nSPS) is 11.4. The number of benzene rings is 1. The summed E-state index contributed by atoms with van der Waals surface area (Å²) in [7, 11) is -3.65. The molecule has 0 saturated heterocycles. The molecule has 1 aromatic carbocycles. The fourth-order valence-electron chi connectivity index (χ4n) is 2.16. The Labute approximate surface area is 142 Å². The standard InChI is InChI=1S/C14H14N6O4S/c1-25(22,23)20(9-12-17-14(13(15)21)24-18-12)11-5-2-4-10(8-11)19-7-3-6-16-19/h2-8H,9H2,1H3,(H2,15,21). The van der Waals surface area contributed by atoms with Gasteiger partial charge in [0.25, 0.3) is 0 Å². The number of aromatic nitrogens is 4. The number of nitrogens with zero attached hydrogens (tertiary/aromatic N) is 5. The molecule has 2 N–H and O–H groups in total. The van der Waals surface area contributed by atoms with Crippen LogP contribution in [0.3, 0.4) is 0 Å². The average molecular weight is 362 g/mol. The molecule has 0 fully saturated rings. The summed E-state index contributed by atoms with van der Waals surface area (Å²) in [5.41, 5.74) is 6.12. The zero-order valence-electron chi connectivity index (χ0n) is 13.1. The number of amides is 1. The Morgan fingerprint density at radius 1 is 1.36 bits per heavy atom. The number of nitrogens with two attached hydrogens (primary N) is 1. The summed E-state index contributed by atoms with van der Waals surface area (Å²) < 4.78 is 31.8. The first kappa shape index (κ1) is 16.6. The van der Waals surface area contributed by atoms with Crippen molar-refractivity contribution < 1.29 is 17.7 Å². The van der Waals surface area contributed by atoms with Crippen molar-refractivity contribution in [3.05, 3.63) is 54.4 Å². The first-order valence-corrected chi connectivity index (χ1v) is 8.89. The van der Waals surface area contributed by atoms with E-state index >= 15 is 0 Å². The average Bonchev–Trinajstić information content (AvgIpc) is 3.23. The monoisotopic (exact) mass is 362 g/mol. The fourth-order valence-corrected chi connectivity index (χ4v) is 3.01. The van der Waals surface area contributed by atoms with Crippen LogP contribution in [0.1, 0.15) is 16.5 Å². The summed E-state index contributed by atoms with van der Waals surface area (Å²) in [6, 6.07) is 8.53. The van der Waals surface area contributed by atoms with Crippen LogP contribution < -0.4 is 10.0 Å². The molecule has 11 heteroatoms. The predicted octanol–water partition coefficient (Wildman–Crippen LogP) is 0.320. The maximum absolute atomic E-state index is 12.2. The molecular formula is C14H14N6O4S. The van der Waals surface area contributed by atoms with Gasteiger partial charge >= 0.3 is 11.8 Å². The van der Waals surface area contributed by atoms with E-state index in [1.807, 2.05) is 0 Å². The van der Waals surface area contributed by atoms with Gasteiger partial charge in [0.1, 0.15) is 0 Å². The van der Waals surface area contributed by atoms with Gasteiger partial charge in [-0.1, -0.05) is 11.2 Å². The molecule has 130 valence electrons. The molecule has 0 atom stereocenters. The third-order valence-corrected chi connectivity index (χ3v) is 4.39. The molecule has 2 aromatic heterocycles. The van der Waals surface area contributed by atoms with Crippen molar-refractivity contribution in [2.45, 2.75) is 6.54 Å². The van der Waals surface area contributed by atoms with Gasteiger partial charge in [0, 0.05) is 12.4 Å². The van der Waals surface area contributed by atoms with E-state index in [0.717, 1.165) is 10.6 Å². The maximum Gasteiger partial charge on any atom is 0.315 e. The number of sulfonamides is 1. The van der Waals surface area contributed by atoms with Crippen molar-refractivity contribution in [3.63, 3.8) is 0 Å². The lowest BCUT2D eigenvalue weighted by atomic mass is 10.2. The summed E-state index contributed by atoms with van der Waals surface area (Å²) in [4.78, 5) is 14.8. The number of rotatable bonds is 6. The van der Waals surface area contributed by atoms with Crippen molar-refractivity contribution in [2.75, 3.05) is 10.6 Å². The molecule has 3 aromatic rings. The highest BCUT2D eigenvalue weighted by molar-refractivity contribution is 7.92. The lowest BCUT2D eigenvalue weighted by Gasteiger charge is -2.21. The maximum atomic E-state index is 12.2. The minimum atomic E-state index is -3.65. The van der Waals surface area contributed by atoms with E-state index < -0.39 is 15.9 Å². The van der Waals surface area contributed by atoms with Crippen LogP contribution in [-0.4, -0.2) is 40.5 Å². The van der Waals surface area contributed by atoms with Gasteiger partial charge in [-0.25, -0.2) is 13.1 Å². The van der Waals surface area contributed by atoms with Crippen LogP contribution in [0.15, 0.2) is 47.2 Å². The first-order chi connectivity index (χ1) is 11.8. The van der Waals surface area contributed by atoms with E-state index in [9.17, 15) is 13.2 Å². The van der Waals surface area contributed by atoms with E-state index in [2.05, 4.69) is 19.8 Å². The smallest absolute Gasteiger partial charge is 0.315 e. The van der Waals surface area contributed by atoms with Crippen LogP contribution in [-0.2, 0) is 16.6 Å². The van der Waals surface area contributed by atoms with Crippen LogP contribution in [0.4, 0.5) is 5.69 Å². The summed E-state index contributed by atoms with van der Waals surface area (Å²) in [5, 5.41) is 7.69. The Bertz CT molecular complexity index is 996. The van der Waals surface area contributed by atoms with Crippen molar-refractivity contribution in [3.8, 4) is 5.69 Å². The number of hydrogen-bond acceptors (Lipinski definition) is 7. The van der Waals surface area contributed by atoms with Crippen LogP contribution in [0.25, 0.3) is 5.69 Å². The van der Waals surface area contributed by atoms with Gasteiger partial charge in [-0.2, -0.15) is 10.1 Å². The lowest BCUT2D eigenvalue weighted by Crippen LogP contribution is -2.30. The summed E-state index contributed by atoms with van der Waals surface area (Å²) in [6.07, 6.45) is 4.41. The highest BCUT2D eigenvalue weighted by Gasteiger charge is 2.22. The molecule has 0 aliphatic rings. The van der Waals surface area contributed by atoms with Crippen LogP contribution in [0.5, 0.6) is 0 Å². The van der Waals surface area contributed by atoms with Crippen molar-refractivity contribution >= 4 is 21.6 Å². The zero-order valence-corrected chi connectivity index (χ0v) is 13.9. The SMILES string of the molecule is CS(=O)(=O)N(Cc1noc(C(N)=O)n1)c1cccc(-n2cccn2)c1. The molecule has 10 nitrogen and oxygen atoms in total. The van der Waals surface area contributed by atoms with Gasteiger partial charge in [0.05, 0.1) is 24.2 Å². The quantitative estimate of drug-likeness (QED) is 0.666. The van der Waals surface area contributed by atoms with E-state index in [4.69, 9.17) is 5.73 Å². The van der Waals surface area contributed by atoms with Crippen LogP contribution in [0, 0.1) is 0 Å². The summed E-state index contributed by atoms with van der Waals surface area (Å²) >= 11 is 0. The Morgan fingerprint density at radius 2 is 2.16 bits per heavy atom. The molecule has 0 spiro atoms. The topological polar surface area (TPSA) is 137 Å². The molecule has 0 radical (unpaired) electrons. The largest absolute Gasteiger partial charge is 0.361 e. The number of primary amides is 1. The highest BCUT2D eigenvalue weighted by Crippen LogP contribution is 2.22. The Morgan fingerprint density at radius 3 is 2.76 bits per heavy atom. The molecule has 1 amide bonds. The van der Waals surface area contributed by atoms with Crippen molar-refractivity contribution in [1.29, 1.82) is 0 Å². The zero-order chi connectivity index (χ0) is 18.0. The third-order valence-electron chi connectivity index (χ3n) is 3.25. The second-order valence-electron chi connectivity index (χ2n) is 5.12. The molecule has 0 unspecified atom stereocenters. The molecule has 0 saturated carbocycles. The molecule has 0 aliphatic heterocycles. The van der Waals surface area contributed by atoms with Crippen LogP contribution in [0.2, 0.25) is 0 Å². The van der Waals surface area contributed by atoms with E-state index in [1.165, 1.54) is 0 Å². The Balaban J connectivity index is 1.96. The number of carbonyl (C=O) groups is 1. The van der Waals surface area contributed by atoms with Gasteiger partial charge in [0.15, 0.2) is 5.82 Å². The summed E-state index contributed by atoms with van der Waals surface area (Å²) in [5.74, 6) is -1.25. The molecular weight excluding hydrogens is 348 g/mol. The third kappa shape index (κ3) is 3.66. The number of carbonyl (C=O) groups excluding carboxylic acids is 1. The molecule has 0 aliphatic carbocycles. The number of anilines is 1. The predicted molar refractivity (Wildman–Crippen MR) is 87.4 cm³/mol.